The largest absolute Gasteiger partial charge is 0.439 e. The topological polar surface area (TPSA) is 71.5 Å². The van der Waals surface area contributed by atoms with Crippen LogP contribution >= 0.6 is 11.3 Å². The van der Waals surface area contributed by atoms with Gasteiger partial charge in [0.25, 0.3) is 0 Å². The highest BCUT2D eigenvalue weighted by atomic mass is 32.1. The second kappa shape index (κ2) is 12.0. The lowest BCUT2D eigenvalue weighted by Gasteiger charge is -2.33. The first kappa shape index (κ1) is 22.6. The van der Waals surface area contributed by atoms with Crippen LogP contribution < -0.4 is 5.32 Å². The van der Waals surface area contributed by atoms with Crippen LogP contribution in [0.25, 0.3) is 0 Å². The SMILES string of the molecule is CCCCCCN(C)C(CC(OC(=O)NC)c1nc(C=O)cs1)C(C)C. The molecule has 0 aromatic carbocycles. The van der Waals surface area contributed by atoms with Gasteiger partial charge >= 0.3 is 6.09 Å². The summed E-state index contributed by atoms with van der Waals surface area (Å²) in [5.74, 6) is 0.410. The van der Waals surface area contributed by atoms with Crippen LogP contribution in [0.15, 0.2) is 5.38 Å². The maximum absolute atomic E-state index is 11.8. The molecule has 1 amide bonds. The Morgan fingerprint density at radius 2 is 2.12 bits per heavy atom. The van der Waals surface area contributed by atoms with E-state index in [0.29, 0.717) is 23.0 Å². The molecule has 0 aliphatic carbocycles. The van der Waals surface area contributed by atoms with Crippen LogP contribution in [0.2, 0.25) is 0 Å². The maximum Gasteiger partial charge on any atom is 0.407 e. The Morgan fingerprint density at radius 1 is 1.38 bits per heavy atom. The number of nitrogens with one attached hydrogen (secondary N) is 1. The highest BCUT2D eigenvalue weighted by molar-refractivity contribution is 7.09. The van der Waals surface area contributed by atoms with Gasteiger partial charge in [-0.1, -0.05) is 40.0 Å². The standard InChI is InChI=1S/C19H33N3O3S/c1-6-7-8-9-10-22(5)16(14(2)3)11-17(25-19(24)20-4)18-21-15(12-23)13-26-18/h12-14,16-17H,6-11H2,1-5H3,(H,20,24). The summed E-state index contributed by atoms with van der Waals surface area (Å²) in [4.78, 5) is 29.4. The van der Waals surface area contributed by atoms with Gasteiger partial charge in [0, 0.05) is 24.9 Å². The molecule has 1 aromatic heterocycles. The summed E-state index contributed by atoms with van der Waals surface area (Å²) in [6.45, 7) is 7.60. The van der Waals surface area contributed by atoms with Gasteiger partial charge in [0.2, 0.25) is 0 Å². The molecule has 26 heavy (non-hydrogen) atoms. The average Bonchev–Trinajstić information content (AvgIpc) is 3.10. The molecule has 0 saturated carbocycles. The van der Waals surface area contributed by atoms with Gasteiger partial charge in [-0.3, -0.25) is 4.79 Å². The van der Waals surface area contributed by atoms with Crippen LogP contribution in [-0.2, 0) is 4.74 Å². The van der Waals surface area contributed by atoms with Crippen LogP contribution in [0.5, 0.6) is 0 Å². The van der Waals surface area contributed by atoms with Crippen molar-refractivity contribution >= 4 is 23.7 Å². The predicted molar refractivity (Wildman–Crippen MR) is 106 cm³/mol. The number of rotatable bonds is 12. The van der Waals surface area contributed by atoms with Crippen molar-refractivity contribution in [2.45, 2.75) is 65.0 Å². The number of carbonyl (C=O) groups is 2. The van der Waals surface area contributed by atoms with Gasteiger partial charge in [0.05, 0.1) is 0 Å². The molecule has 1 heterocycles. The first-order chi connectivity index (χ1) is 12.4. The fourth-order valence-corrected chi connectivity index (χ4v) is 3.83. The van der Waals surface area contributed by atoms with Crippen molar-refractivity contribution in [3.8, 4) is 0 Å². The zero-order chi connectivity index (χ0) is 19.5. The third kappa shape index (κ3) is 7.41. The summed E-state index contributed by atoms with van der Waals surface area (Å²) >= 11 is 1.36. The molecule has 148 valence electrons. The van der Waals surface area contributed by atoms with Crippen molar-refractivity contribution in [2.75, 3.05) is 20.6 Å². The smallest absolute Gasteiger partial charge is 0.407 e. The van der Waals surface area contributed by atoms with E-state index in [1.165, 1.54) is 44.1 Å². The molecule has 2 unspecified atom stereocenters. The molecule has 2 atom stereocenters. The van der Waals surface area contributed by atoms with Gasteiger partial charge in [0.1, 0.15) is 10.7 Å². The zero-order valence-electron chi connectivity index (χ0n) is 16.7. The summed E-state index contributed by atoms with van der Waals surface area (Å²) in [7, 11) is 3.67. The number of hydrogen-bond acceptors (Lipinski definition) is 6. The number of alkyl carbamates (subject to hydrolysis) is 1. The molecule has 1 rings (SSSR count). The maximum atomic E-state index is 11.8. The van der Waals surface area contributed by atoms with Crippen molar-refractivity contribution in [3.63, 3.8) is 0 Å². The third-order valence-electron chi connectivity index (χ3n) is 4.54. The molecule has 7 heteroatoms. The quantitative estimate of drug-likeness (QED) is 0.431. The van der Waals surface area contributed by atoms with E-state index < -0.39 is 12.2 Å². The highest BCUT2D eigenvalue weighted by Gasteiger charge is 2.28. The van der Waals surface area contributed by atoms with Crippen LogP contribution in [0.4, 0.5) is 4.79 Å². The molecule has 1 aromatic rings. The number of amides is 1. The number of carbonyl (C=O) groups excluding carboxylic acids is 2. The molecule has 0 spiro atoms. The van der Waals surface area contributed by atoms with E-state index in [0.717, 1.165) is 12.8 Å². The van der Waals surface area contributed by atoms with E-state index >= 15 is 0 Å². The van der Waals surface area contributed by atoms with E-state index in [4.69, 9.17) is 4.74 Å². The lowest BCUT2D eigenvalue weighted by molar-refractivity contribution is 0.0611. The molecule has 0 aliphatic rings. The Balaban J connectivity index is 2.85. The molecule has 0 aliphatic heterocycles. The van der Waals surface area contributed by atoms with Gasteiger partial charge < -0.3 is 15.0 Å². The Kier molecular flexibility index (Phi) is 10.4. The van der Waals surface area contributed by atoms with E-state index in [-0.39, 0.29) is 6.04 Å². The van der Waals surface area contributed by atoms with Crippen molar-refractivity contribution in [2.24, 2.45) is 5.92 Å². The van der Waals surface area contributed by atoms with Crippen molar-refractivity contribution in [3.05, 3.63) is 16.1 Å². The van der Waals surface area contributed by atoms with E-state index in [9.17, 15) is 9.59 Å². The van der Waals surface area contributed by atoms with Gasteiger partial charge in [-0.25, -0.2) is 9.78 Å². The number of thiazole rings is 1. The van der Waals surface area contributed by atoms with Crippen molar-refractivity contribution in [1.82, 2.24) is 15.2 Å². The summed E-state index contributed by atoms with van der Waals surface area (Å²) in [6, 6.07) is 0.259. The van der Waals surface area contributed by atoms with Crippen molar-refractivity contribution < 1.29 is 14.3 Å². The number of nitrogens with zero attached hydrogens (tertiary/aromatic N) is 2. The highest BCUT2D eigenvalue weighted by Crippen LogP contribution is 2.30. The summed E-state index contributed by atoms with van der Waals surface area (Å²) < 4.78 is 5.57. The Morgan fingerprint density at radius 3 is 2.65 bits per heavy atom. The molecule has 0 radical (unpaired) electrons. The minimum Gasteiger partial charge on any atom is -0.439 e. The molecule has 0 bridgehead atoms. The first-order valence-corrected chi connectivity index (χ1v) is 10.3. The molecule has 6 nitrogen and oxygen atoms in total. The third-order valence-corrected chi connectivity index (χ3v) is 5.50. The lowest BCUT2D eigenvalue weighted by atomic mass is 9.96. The van der Waals surface area contributed by atoms with E-state index in [1.54, 1.807) is 5.38 Å². The van der Waals surface area contributed by atoms with Gasteiger partial charge in [0.15, 0.2) is 12.4 Å². The fraction of sp³-hybridized carbons (Fsp3) is 0.737. The van der Waals surface area contributed by atoms with E-state index in [1.807, 2.05) is 0 Å². The molecule has 0 fully saturated rings. The van der Waals surface area contributed by atoms with Gasteiger partial charge in [-0.05, 0) is 25.9 Å². The van der Waals surface area contributed by atoms with Crippen LogP contribution in [0, 0.1) is 5.92 Å². The predicted octanol–water partition coefficient (Wildman–Crippen LogP) is 4.28. The minimum absolute atomic E-state index is 0.259. The van der Waals surface area contributed by atoms with E-state index in [2.05, 4.69) is 43.0 Å². The molecule has 1 N–H and O–H groups in total. The monoisotopic (exact) mass is 383 g/mol. The number of hydrogen-bond donors (Lipinski definition) is 1. The van der Waals surface area contributed by atoms with Gasteiger partial charge in [-0.2, -0.15) is 0 Å². The lowest BCUT2D eigenvalue weighted by Crippen LogP contribution is -2.38. The zero-order valence-corrected chi connectivity index (χ0v) is 17.5. The number of aromatic nitrogens is 1. The molecule has 0 saturated heterocycles. The summed E-state index contributed by atoms with van der Waals surface area (Å²) in [5.41, 5.74) is 0.379. The number of unbranched alkanes of at least 4 members (excludes halogenated alkanes) is 3. The minimum atomic E-state index is -0.481. The number of ether oxygens (including phenoxy) is 1. The summed E-state index contributed by atoms with van der Waals surface area (Å²) in [5, 5.41) is 4.86. The van der Waals surface area contributed by atoms with Crippen molar-refractivity contribution in [1.29, 1.82) is 0 Å². The Hall–Kier alpha value is -1.47. The fourth-order valence-electron chi connectivity index (χ4n) is 3.02. The average molecular weight is 384 g/mol. The Bertz CT molecular complexity index is 548. The molecular formula is C19H33N3O3S. The number of aldehydes is 1. The molecular weight excluding hydrogens is 350 g/mol. The van der Waals surface area contributed by atoms with Crippen LogP contribution in [0.1, 0.15) is 74.5 Å². The van der Waals surface area contributed by atoms with Crippen LogP contribution in [-0.4, -0.2) is 48.9 Å². The van der Waals surface area contributed by atoms with Crippen LogP contribution in [0.3, 0.4) is 0 Å². The Labute approximate surface area is 161 Å². The normalized spacial score (nSPS) is 13.7. The van der Waals surface area contributed by atoms with Gasteiger partial charge in [-0.15, -0.1) is 11.3 Å². The summed E-state index contributed by atoms with van der Waals surface area (Å²) in [6.07, 6.45) is 5.32. The first-order valence-electron chi connectivity index (χ1n) is 9.42. The second-order valence-electron chi connectivity index (χ2n) is 6.96. The second-order valence-corrected chi connectivity index (χ2v) is 7.85.